The van der Waals surface area contributed by atoms with Gasteiger partial charge in [-0.15, -0.1) is 0 Å². The maximum Gasteiger partial charge on any atom is 0.209 e. The zero-order chi connectivity index (χ0) is 20.1. The average Bonchev–Trinajstić information content (AvgIpc) is 2.93. The van der Waals surface area contributed by atoms with E-state index in [1.165, 1.54) is 41.1 Å². The Labute approximate surface area is 194 Å². The van der Waals surface area contributed by atoms with Crippen LogP contribution in [0.15, 0.2) is 54.6 Å². The Morgan fingerprint density at radius 3 is 2.17 bits per heavy atom. The van der Waals surface area contributed by atoms with E-state index >= 15 is 0 Å². The minimum absolute atomic E-state index is 0. The number of para-hydroxylation sites is 1. The lowest BCUT2D eigenvalue weighted by Crippen LogP contribution is -3.00. The molecule has 0 aliphatic carbocycles. The highest BCUT2D eigenvalue weighted by molar-refractivity contribution is 6.05. The third kappa shape index (κ3) is 4.93. The van der Waals surface area contributed by atoms with Gasteiger partial charge < -0.3 is 28.9 Å². The Balaban J connectivity index is 0.00000300. The minimum atomic E-state index is 0. The molecule has 0 unspecified atom stereocenters. The van der Waals surface area contributed by atoms with Crippen molar-refractivity contribution >= 4 is 23.2 Å². The van der Waals surface area contributed by atoms with Crippen LogP contribution in [0.2, 0.25) is 0 Å². The lowest BCUT2D eigenvalue weighted by Gasteiger charge is -2.20. The molecule has 3 heteroatoms. The number of halogens is 1. The van der Waals surface area contributed by atoms with E-state index in [0.29, 0.717) is 0 Å². The van der Waals surface area contributed by atoms with Crippen LogP contribution in [0.1, 0.15) is 58.6 Å². The maximum absolute atomic E-state index is 2.53. The van der Waals surface area contributed by atoms with Gasteiger partial charge in [0.15, 0.2) is 5.71 Å². The first-order valence-corrected chi connectivity index (χ1v) is 10.8. The van der Waals surface area contributed by atoms with Crippen molar-refractivity contribution in [1.29, 1.82) is 0 Å². The van der Waals surface area contributed by atoms with E-state index in [4.69, 9.17) is 0 Å². The smallest absolute Gasteiger partial charge is 0.209 e. The predicted octanol–water partition coefficient (Wildman–Crippen LogP) is 3.43. The molecule has 0 radical (unpaired) electrons. The molecule has 0 saturated carbocycles. The van der Waals surface area contributed by atoms with Crippen LogP contribution in [0.3, 0.4) is 0 Å². The molecule has 0 aromatic heterocycles. The van der Waals surface area contributed by atoms with Crippen LogP contribution in [0.5, 0.6) is 0 Å². The molecule has 1 heterocycles. The monoisotopic (exact) mass is 502 g/mol. The molecule has 2 aromatic rings. The van der Waals surface area contributed by atoms with Gasteiger partial charge in [-0.1, -0.05) is 43.7 Å². The van der Waals surface area contributed by atoms with Crippen LogP contribution in [0.25, 0.3) is 6.08 Å². The quantitative estimate of drug-likeness (QED) is 0.396. The first-order valence-electron chi connectivity index (χ1n) is 10.8. The van der Waals surface area contributed by atoms with Gasteiger partial charge in [0, 0.05) is 42.9 Å². The summed E-state index contributed by atoms with van der Waals surface area (Å²) in [5, 5.41) is 0. The number of allylic oxidation sites excluding steroid dienone is 1. The van der Waals surface area contributed by atoms with Crippen LogP contribution < -0.4 is 28.9 Å². The molecule has 1 aliphatic heterocycles. The maximum atomic E-state index is 2.53. The van der Waals surface area contributed by atoms with E-state index in [2.05, 4.69) is 105 Å². The van der Waals surface area contributed by atoms with Crippen LogP contribution >= 0.6 is 0 Å². The highest BCUT2D eigenvalue weighted by Gasteiger charge is 2.43. The summed E-state index contributed by atoms with van der Waals surface area (Å²) in [6.45, 7) is 14.5. The Bertz CT molecular complexity index is 859. The fourth-order valence-corrected chi connectivity index (χ4v) is 4.26. The van der Waals surface area contributed by atoms with Crippen molar-refractivity contribution < 1.29 is 28.6 Å². The number of benzene rings is 2. The molecule has 3 rings (SSSR count). The molecule has 2 aromatic carbocycles. The number of rotatable bonds is 8. The molecule has 0 spiro atoms. The van der Waals surface area contributed by atoms with Crippen LogP contribution in [0, 0.1) is 0 Å². The van der Waals surface area contributed by atoms with E-state index in [-0.39, 0.29) is 29.4 Å². The van der Waals surface area contributed by atoms with Gasteiger partial charge in [-0.05, 0) is 51.5 Å². The first kappa shape index (κ1) is 23.7. The lowest BCUT2D eigenvalue weighted by molar-refractivity contribution is -0.438. The summed E-state index contributed by atoms with van der Waals surface area (Å²) in [5.74, 6) is 0. The molecule has 0 bridgehead atoms. The third-order valence-electron chi connectivity index (χ3n) is 5.99. The van der Waals surface area contributed by atoms with E-state index in [1.54, 1.807) is 0 Å². The highest BCUT2D eigenvalue weighted by Crippen LogP contribution is 2.40. The number of hydrogen-bond acceptors (Lipinski definition) is 1. The SMILES string of the molecule is CCCC[N+]1=C(C=Cc2ccc(N(CC)CC)cc2)C(C)(C)c2ccccc21.[I-]. The standard InChI is InChI=1S/C26H35N2.HI/c1-6-9-20-28-24-13-11-10-12-23(24)26(4,5)25(28)19-16-21-14-17-22(18-15-21)27(7-2)8-3;/h10-19H,6-9,20H2,1-5H3;1H/q+1;/p-1. The number of anilines is 1. The number of hydrogen-bond donors (Lipinski definition) is 0. The van der Waals surface area contributed by atoms with Gasteiger partial charge in [-0.25, -0.2) is 0 Å². The van der Waals surface area contributed by atoms with Gasteiger partial charge in [-0.3, -0.25) is 0 Å². The highest BCUT2D eigenvalue weighted by atomic mass is 127. The van der Waals surface area contributed by atoms with Crippen molar-refractivity contribution in [3.05, 3.63) is 65.7 Å². The number of nitrogens with zero attached hydrogens (tertiary/aromatic N) is 2. The third-order valence-corrected chi connectivity index (χ3v) is 5.99. The second kappa shape index (κ2) is 10.4. The molecule has 0 atom stereocenters. The molecule has 2 nitrogen and oxygen atoms in total. The second-order valence-electron chi connectivity index (χ2n) is 8.13. The zero-order valence-corrected chi connectivity index (χ0v) is 20.7. The topological polar surface area (TPSA) is 6.25 Å². The van der Waals surface area contributed by atoms with Gasteiger partial charge in [0.25, 0.3) is 0 Å². The van der Waals surface area contributed by atoms with Crippen LogP contribution in [0.4, 0.5) is 11.4 Å². The Morgan fingerprint density at radius 1 is 0.897 bits per heavy atom. The average molecular weight is 502 g/mol. The van der Waals surface area contributed by atoms with Crippen molar-refractivity contribution in [2.24, 2.45) is 0 Å². The zero-order valence-electron chi connectivity index (χ0n) is 18.6. The minimum Gasteiger partial charge on any atom is -1.00 e. The summed E-state index contributed by atoms with van der Waals surface area (Å²) in [7, 11) is 0. The van der Waals surface area contributed by atoms with Crippen LogP contribution in [-0.2, 0) is 5.41 Å². The van der Waals surface area contributed by atoms with Gasteiger partial charge in [0.05, 0.1) is 5.41 Å². The van der Waals surface area contributed by atoms with E-state index < -0.39 is 0 Å². The number of unbranched alkanes of at least 4 members (excludes halogenated alkanes) is 1. The molecule has 29 heavy (non-hydrogen) atoms. The van der Waals surface area contributed by atoms with E-state index in [0.717, 1.165) is 19.6 Å². The summed E-state index contributed by atoms with van der Waals surface area (Å²) in [4.78, 5) is 2.38. The lowest BCUT2D eigenvalue weighted by atomic mass is 9.81. The largest absolute Gasteiger partial charge is 1.00 e. The van der Waals surface area contributed by atoms with Crippen molar-refractivity contribution in [3.8, 4) is 0 Å². The van der Waals surface area contributed by atoms with Crippen molar-refractivity contribution in [2.75, 3.05) is 24.5 Å². The Hall–Kier alpha value is -1.62. The molecule has 156 valence electrons. The van der Waals surface area contributed by atoms with Crippen molar-refractivity contribution in [2.45, 2.75) is 52.9 Å². The van der Waals surface area contributed by atoms with Gasteiger partial charge in [0.1, 0.15) is 6.54 Å². The molecule has 0 amide bonds. The van der Waals surface area contributed by atoms with Gasteiger partial charge in [0.2, 0.25) is 5.69 Å². The fraction of sp³-hybridized carbons (Fsp3) is 0.423. The summed E-state index contributed by atoms with van der Waals surface area (Å²) in [6.07, 6.45) is 7.03. The van der Waals surface area contributed by atoms with E-state index in [1.807, 2.05) is 0 Å². The molecule has 0 N–H and O–H groups in total. The summed E-state index contributed by atoms with van der Waals surface area (Å²) < 4.78 is 2.53. The van der Waals surface area contributed by atoms with Crippen molar-refractivity contribution in [1.82, 2.24) is 0 Å². The first-order chi connectivity index (χ1) is 13.5. The Morgan fingerprint density at radius 2 is 1.55 bits per heavy atom. The molecular formula is C26H35IN2. The number of fused-ring (bicyclic) bond motifs is 1. The summed E-state index contributed by atoms with van der Waals surface area (Å²) in [5.41, 5.74) is 6.79. The summed E-state index contributed by atoms with van der Waals surface area (Å²) >= 11 is 0. The molecule has 0 saturated heterocycles. The fourth-order valence-electron chi connectivity index (χ4n) is 4.26. The van der Waals surface area contributed by atoms with Crippen LogP contribution in [-0.4, -0.2) is 29.9 Å². The molecule has 1 aliphatic rings. The normalized spacial score (nSPS) is 14.8. The second-order valence-corrected chi connectivity index (χ2v) is 8.13. The molecule has 0 fully saturated rings. The summed E-state index contributed by atoms with van der Waals surface area (Å²) in [6, 6.07) is 17.8. The van der Waals surface area contributed by atoms with Gasteiger partial charge >= 0.3 is 0 Å². The predicted molar refractivity (Wildman–Crippen MR) is 123 cm³/mol. The van der Waals surface area contributed by atoms with Crippen molar-refractivity contribution in [3.63, 3.8) is 0 Å². The Kier molecular flexibility index (Phi) is 8.50. The van der Waals surface area contributed by atoms with E-state index in [9.17, 15) is 0 Å². The van der Waals surface area contributed by atoms with Gasteiger partial charge in [-0.2, -0.15) is 4.58 Å². The molecular weight excluding hydrogens is 467 g/mol.